The predicted molar refractivity (Wildman–Crippen MR) is 62.4 cm³/mol. The van der Waals surface area contributed by atoms with Crippen LogP contribution in [0, 0.1) is 6.92 Å². The molecule has 0 unspecified atom stereocenters. The van der Waals surface area contributed by atoms with Crippen molar-refractivity contribution in [1.29, 1.82) is 0 Å². The Labute approximate surface area is 94.1 Å². The maximum absolute atomic E-state index is 11.6. The fourth-order valence-corrected chi connectivity index (χ4v) is 1.69. The molecule has 0 radical (unpaired) electrons. The van der Waals surface area contributed by atoms with E-state index in [0.717, 1.165) is 16.5 Å². The highest BCUT2D eigenvalue weighted by atomic mass is 16.5. The number of pyridine rings is 1. The van der Waals surface area contributed by atoms with E-state index in [1.165, 1.54) is 0 Å². The van der Waals surface area contributed by atoms with Gasteiger partial charge in [0.15, 0.2) is 0 Å². The molecule has 0 fully saturated rings. The third-order valence-corrected chi connectivity index (χ3v) is 2.54. The molecule has 3 nitrogen and oxygen atoms in total. The van der Waals surface area contributed by atoms with Crippen LogP contribution in [0.4, 0.5) is 0 Å². The number of carbonyl (C=O) groups is 1. The second kappa shape index (κ2) is 4.31. The molecule has 2 aromatic rings. The summed E-state index contributed by atoms with van der Waals surface area (Å²) in [5.74, 6) is -0.307. The summed E-state index contributed by atoms with van der Waals surface area (Å²) in [5.41, 5.74) is 2.36. The largest absolute Gasteiger partial charge is 0.462 e. The highest BCUT2D eigenvalue weighted by Gasteiger charge is 2.12. The minimum atomic E-state index is -0.307. The summed E-state index contributed by atoms with van der Waals surface area (Å²) < 4.78 is 4.98. The van der Waals surface area contributed by atoms with Crippen LogP contribution in [0.1, 0.15) is 22.8 Å². The molecule has 0 saturated heterocycles. The molecule has 0 saturated carbocycles. The quantitative estimate of drug-likeness (QED) is 0.723. The molecule has 0 atom stereocenters. The van der Waals surface area contributed by atoms with Gasteiger partial charge in [0.25, 0.3) is 0 Å². The van der Waals surface area contributed by atoms with Gasteiger partial charge in [0.2, 0.25) is 0 Å². The Hall–Kier alpha value is -1.90. The normalized spacial score (nSPS) is 10.4. The van der Waals surface area contributed by atoms with Gasteiger partial charge < -0.3 is 4.74 Å². The average molecular weight is 215 g/mol. The molecule has 1 heterocycles. The van der Waals surface area contributed by atoms with Crippen LogP contribution in [0.5, 0.6) is 0 Å². The second-order valence-corrected chi connectivity index (χ2v) is 3.53. The molecule has 0 bridgehead atoms. The van der Waals surface area contributed by atoms with Gasteiger partial charge in [0.1, 0.15) is 0 Å². The molecule has 1 aromatic carbocycles. The van der Waals surface area contributed by atoms with Gasteiger partial charge >= 0.3 is 5.97 Å². The Balaban J connectivity index is 2.56. The number of para-hydroxylation sites is 1. The molecule has 82 valence electrons. The van der Waals surface area contributed by atoms with Crippen LogP contribution in [0.25, 0.3) is 10.9 Å². The number of esters is 1. The van der Waals surface area contributed by atoms with Crippen LogP contribution < -0.4 is 0 Å². The molecule has 0 aliphatic heterocycles. The molecular formula is C13H13NO2. The first-order valence-electron chi connectivity index (χ1n) is 5.25. The third kappa shape index (κ3) is 1.76. The lowest BCUT2D eigenvalue weighted by atomic mass is 10.1. The number of hydrogen-bond donors (Lipinski definition) is 0. The molecular weight excluding hydrogens is 202 g/mol. The number of carbonyl (C=O) groups excluding carboxylic acids is 1. The molecule has 0 aliphatic carbocycles. The standard InChI is InChI=1S/C13H13NO2/c1-3-16-13(15)11-8-14-12-7-5-4-6-10(12)9(11)2/h4-8H,3H2,1-2H3. The van der Waals surface area contributed by atoms with Gasteiger partial charge in [-0.15, -0.1) is 0 Å². The van der Waals surface area contributed by atoms with E-state index in [-0.39, 0.29) is 5.97 Å². The Morgan fingerprint density at radius 2 is 2.12 bits per heavy atom. The second-order valence-electron chi connectivity index (χ2n) is 3.53. The van der Waals surface area contributed by atoms with Crippen molar-refractivity contribution in [3.63, 3.8) is 0 Å². The SMILES string of the molecule is CCOC(=O)c1cnc2ccccc2c1C. The summed E-state index contributed by atoms with van der Waals surface area (Å²) in [7, 11) is 0. The molecule has 0 aliphatic rings. The van der Waals surface area contributed by atoms with Crippen molar-refractivity contribution in [1.82, 2.24) is 4.98 Å². The van der Waals surface area contributed by atoms with Crippen molar-refractivity contribution in [2.45, 2.75) is 13.8 Å². The summed E-state index contributed by atoms with van der Waals surface area (Å²) in [6.45, 7) is 4.09. The highest BCUT2D eigenvalue weighted by molar-refractivity contribution is 5.96. The summed E-state index contributed by atoms with van der Waals surface area (Å²) in [4.78, 5) is 15.9. The van der Waals surface area contributed by atoms with Crippen molar-refractivity contribution in [3.8, 4) is 0 Å². The maximum atomic E-state index is 11.6. The van der Waals surface area contributed by atoms with Crippen LogP contribution in [-0.2, 0) is 4.74 Å². The molecule has 0 amide bonds. The van der Waals surface area contributed by atoms with Gasteiger partial charge in [0.05, 0.1) is 17.7 Å². The van der Waals surface area contributed by atoms with Gasteiger partial charge in [0, 0.05) is 11.6 Å². The van der Waals surface area contributed by atoms with E-state index in [1.54, 1.807) is 13.1 Å². The van der Waals surface area contributed by atoms with E-state index in [1.807, 2.05) is 31.2 Å². The Bertz CT molecular complexity index is 534. The van der Waals surface area contributed by atoms with Crippen LogP contribution in [-0.4, -0.2) is 17.6 Å². The van der Waals surface area contributed by atoms with Gasteiger partial charge in [-0.1, -0.05) is 18.2 Å². The zero-order valence-corrected chi connectivity index (χ0v) is 9.36. The first-order valence-corrected chi connectivity index (χ1v) is 5.25. The number of ether oxygens (including phenoxy) is 1. The predicted octanol–water partition coefficient (Wildman–Crippen LogP) is 2.72. The molecule has 2 rings (SSSR count). The number of nitrogens with zero attached hydrogens (tertiary/aromatic N) is 1. The molecule has 3 heteroatoms. The molecule has 0 spiro atoms. The zero-order chi connectivity index (χ0) is 11.5. The van der Waals surface area contributed by atoms with Crippen LogP contribution >= 0.6 is 0 Å². The van der Waals surface area contributed by atoms with Crippen molar-refractivity contribution in [2.24, 2.45) is 0 Å². The number of aromatic nitrogens is 1. The topological polar surface area (TPSA) is 39.2 Å². The Morgan fingerprint density at radius 1 is 1.38 bits per heavy atom. The van der Waals surface area contributed by atoms with Crippen molar-refractivity contribution >= 4 is 16.9 Å². The van der Waals surface area contributed by atoms with Gasteiger partial charge in [-0.05, 0) is 25.5 Å². The van der Waals surface area contributed by atoms with Crippen molar-refractivity contribution in [2.75, 3.05) is 6.61 Å². The summed E-state index contributed by atoms with van der Waals surface area (Å²) >= 11 is 0. The van der Waals surface area contributed by atoms with E-state index in [2.05, 4.69) is 4.98 Å². The Morgan fingerprint density at radius 3 is 2.88 bits per heavy atom. The monoisotopic (exact) mass is 215 g/mol. The number of rotatable bonds is 2. The molecule has 1 aromatic heterocycles. The zero-order valence-electron chi connectivity index (χ0n) is 9.36. The number of benzene rings is 1. The number of hydrogen-bond acceptors (Lipinski definition) is 3. The summed E-state index contributed by atoms with van der Waals surface area (Å²) in [5, 5.41) is 0.994. The van der Waals surface area contributed by atoms with Crippen LogP contribution in [0.2, 0.25) is 0 Å². The van der Waals surface area contributed by atoms with Gasteiger partial charge in [-0.25, -0.2) is 4.79 Å². The van der Waals surface area contributed by atoms with E-state index in [4.69, 9.17) is 4.74 Å². The minimum absolute atomic E-state index is 0.307. The molecule has 0 N–H and O–H groups in total. The molecule has 16 heavy (non-hydrogen) atoms. The Kier molecular flexibility index (Phi) is 2.86. The van der Waals surface area contributed by atoms with Crippen molar-refractivity contribution < 1.29 is 9.53 Å². The van der Waals surface area contributed by atoms with Crippen LogP contribution in [0.3, 0.4) is 0 Å². The number of aryl methyl sites for hydroxylation is 1. The lowest BCUT2D eigenvalue weighted by Gasteiger charge is -2.07. The van der Waals surface area contributed by atoms with Crippen molar-refractivity contribution in [3.05, 3.63) is 41.6 Å². The lowest BCUT2D eigenvalue weighted by Crippen LogP contribution is -2.07. The number of fused-ring (bicyclic) bond motifs is 1. The first kappa shape index (κ1) is 10.6. The third-order valence-electron chi connectivity index (χ3n) is 2.54. The van der Waals surface area contributed by atoms with Gasteiger partial charge in [-0.2, -0.15) is 0 Å². The van der Waals surface area contributed by atoms with Gasteiger partial charge in [-0.3, -0.25) is 4.98 Å². The maximum Gasteiger partial charge on any atom is 0.339 e. The lowest BCUT2D eigenvalue weighted by molar-refractivity contribution is 0.0525. The van der Waals surface area contributed by atoms with E-state index in [9.17, 15) is 4.79 Å². The van der Waals surface area contributed by atoms with E-state index in [0.29, 0.717) is 12.2 Å². The first-order chi connectivity index (χ1) is 7.74. The van der Waals surface area contributed by atoms with E-state index >= 15 is 0 Å². The summed E-state index contributed by atoms with van der Waals surface area (Å²) in [6.07, 6.45) is 1.58. The average Bonchev–Trinajstić information content (AvgIpc) is 2.30. The van der Waals surface area contributed by atoms with Crippen LogP contribution in [0.15, 0.2) is 30.5 Å². The smallest absolute Gasteiger partial charge is 0.339 e. The minimum Gasteiger partial charge on any atom is -0.462 e. The summed E-state index contributed by atoms with van der Waals surface area (Å²) in [6, 6.07) is 7.75. The fourth-order valence-electron chi connectivity index (χ4n) is 1.69. The highest BCUT2D eigenvalue weighted by Crippen LogP contribution is 2.19. The van der Waals surface area contributed by atoms with E-state index < -0.39 is 0 Å². The fraction of sp³-hybridized carbons (Fsp3) is 0.231.